The second kappa shape index (κ2) is 8.46. The Labute approximate surface area is 168 Å². The highest BCUT2D eigenvalue weighted by Gasteiger charge is 2.16. The molecule has 5 nitrogen and oxygen atoms in total. The monoisotopic (exact) mass is 403 g/mol. The van der Waals surface area contributed by atoms with Gasteiger partial charge in [0.15, 0.2) is 0 Å². The van der Waals surface area contributed by atoms with Gasteiger partial charge in [-0.05, 0) is 29.8 Å². The number of aryl methyl sites for hydroxylation is 1. The van der Waals surface area contributed by atoms with Gasteiger partial charge >= 0.3 is 0 Å². The van der Waals surface area contributed by atoms with E-state index < -0.39 is 0 Å². The van der Waals surface area contributed by atoms with Crippen LogP contribution in [0.2, 0.25) is 10.0 Å². The van der Waals surface area contributed by atoms with Gasteiger partial charge in [-0.3, -0.25) is 9.48 Å². The van der Waals surface area contributed by atoms with E-state index in [9.17, 15) is 4.79 Å². The Morgan fingerprint density at radius 3 is 2.63 bits per heavy atom. The van der Waals surface area contributed by atoms with E-state index in [0.717, 1.165) is 11.3 Å². The molecule has 0 spiro atoms. The van der Waals surface area contributed by atoms with Crippen LogP contribution in [0.15, 0.2) is 54.7 Å². The van der Waals surface area contributed by atoms with Gasteiger partial charge in [0, 0.05) is 19.7 Å². The highest BCUT2D eigenvalue weighted by molar-refractivity contribution is 6.32. The molecule has 27 heavy (non-hydrogen) atoms. The maximum Gasteiger partial charge on any atom is 0.253 e. The molecule has 3 rings (SSSR count). The zero-order valence-electron chi connectivity index (χ0n) is 15.0. The standard InChI is InChI=1S/C20H19Cl2N3O2/c1-24(12-18-17(22)11-23-25(18)2)20(26)15-7-5-6-14(10-15)13-27-19-9-4-3-8-16(19)21/h3-11H,12-13H2,1-2H3. The van der Waals surface area contributed by atoms with E-state index in [0.29, 0.717) is 34.5 Å². The molecule has 0 saturated heterocycles. The van der Waals surface area contributed by atoms with Crippen molar-refractivity contribution in [2.75, 3.05) is 7.05 Å². The Balaban J connectivity index is 1.69. The van der Waals surface area contributed by atoms with Gasteiger partial charge in [-0.1, -0.05) is 47.5 Å². The quantitative estimate of drug-likeness (QED) is 0.604. The van der Waals surface area contributed by atoms with Crippen molar-refractivity contribution in [3.63, 3.8) is 0 Å². The third-order valence-corrected chi connectivity index (χ3v) is 4.78. The first-order valence-corrected chi connectivity index (χ1v) is 9.09. The lowest BCUT2D eigenvalue weighted by Crippen LogP contribution is -2.27. The van der Waals surface area contributed by atoms with Gasteiger partial charge in [-0.15, -0.1) is 0 Å². The fourth-order valence-corrected chi connectivity index (χ4v) is 3.06. The van der Waals surface area contributed by atoms with E-state index in [4.69, 9.17) is 27.9 Å². The van der Waals surface area contributed by atoms with E-state index in [1.54, 1.807) is 42.0 Å². The van der Waals surface area contributed by atoms with Crippen molar-refractivity contribution < 1.29 is 9.53 Å². The predicted molar refractivity (Wildman–Crippen MR) is 106 cm³/mol. The first kappa shape index (κ1) is 19.3. The number of halogens is 2. The summed E-state index contributed by atoms with van der Waals surface area (Å²) in [5.74, 6) is 0.505. The summed E-state index contributed by atoms with van der Waals surface area (Å²) in [6, 6.07) is 14.6. The molecular formula is C20H19Cl2N3O2. The Morgan fingerprint density at radius 2 is 1.93 bits per heavy atom. The number of amides is 1. The number of rotatable bonds is 6. The molecule has 0 unspecified atom stereocenters. The lowest BCUT2D eigenvalue weighted by atomic mass is 10.1. The molecule has 0 aliphatic carbocycles. The normalized spacial score (nSPS) is 10.7. The fraction of sp³-hybridized carbons (Fsp3) is 0.200. The SMILES string of the molecule is CN(Cc1c(Cl)cnn1C)C(=O)c1cccc(COc2ccccc2Cl)c1. The van der Waals surface area contributed by atoms with Gasteiger partial charge in [0.05, 0.1) is 28.5 Å². The summed E-state index contributed by atoms with van der Waals surface area (Å²) in [7, 11) is 3.53. The Kier molecular flexibility index (Phi) is 6.04. The number of hydrogen-bond acceptors (Lipinski definition) is 3. The zero-order valence-corrected chi connectivity index (χ0v) is 16.5. The number of para-hydroxylation sites is 1. The summed E-state index contributed by atoms with van der Waals surface area (Å²) in [5.41, 5.74) is 2.24. The van der Waals surface area contributed by atoms with Crippen LogP contribution in [0.1, 0.15) is 21.6 Å². The zero-order chi connectivity index (χ0) is 19.4. The van der Waals surface area contributed by atoms with Crippen LogP contribution in [0.25, 0.3) is 0 Å². The minimum absolute atomic E-state index is 0.105. The third-order valence-electron chi connectivity index (χ3n) is 4.15. The molecular weight excluding hydrogens is 385 g/mol. The lowest BCUT2D eigenvalue weighted by Gasteiger charge is -2.18. The predicted octanol–water partition coefficient (Wildman–Crippen LogP) is 4.58. The minimum atomic E-state index is -0.105. The Morgan fingerprint density at radius 1 is 1.15 bits per heavy atom. The summed E-state index contributed by atoms with van der Waals surface area (Å²) in [6.45, 7) is 0.691. The van der Waals surface area contributed by atoms with E-state index in [1.165, 1.54) is 0 Å². The topological polar surface area (TPSA) is 47.4 Å². The minimum Gasteiger partial charge on any atom is -0.487 e. The molecule has 0 N–H and O–H groups in total. The number of hydrogen-bond donors (Lipinski definition) is 0. The van der Waals surface area contributed by atoms with Gasteiger partial charge in [0.1, 0.15) is 12.4 Å². The number of benzene rings is 2. The molecule has 2 aromatic carbocycles. The molecule has 1 aromatic heterocycles. The number of ether oxygens (including phenoxy) is 1. The maximum atomic E-state index is 12.8. The van der Waals surface area contributed by atoms with E-state index in [-0.39, 0.29) is 5.91 Å². The molecule has 0 aliphatic rings. The van der Waals surface area contributed by atoms with Crippen molar-refractivity contribution in [2.24, 2.45) is 7.05 Å². The molecule has 0 saturated carbocycles. The van der Waals surface area contributed by atoms with Crippen LogP contribution in [0.4, 0.5) is 0 Å². The number of carbonyl (C=O) groups excluding carboxylic acids is 1. The van der Waals surface area contributed by atoms with Crippen molar-refractivity contribution in [3.8, 4) is 5.75 Å². The molecule has 0 aliphatic heterocycles. The molecule has 1 heterocycles. The second-order valence-electron chi connectivity index (χ2n) is 6.14. The van der Waals surface area contributed by atoms with Gasteiger partial charge < -0.3 is 9.64 Å². The van der Waals surface area contributed by atoms with Crippen molar-refractivity contribution in [1.29, 1.82) is 0 Å². The van der Waals surface area contributed by atoms with Gasteiger partial charge in [-0.25, -0.2) is 0 Å². The first-order valence-electron chi connectivity index (χ1n) is 8.34. The molecule has 140 valence electrons. The van der Waals surface area contributed by atoms with Crippen LogP contribution in [-0.2, 0) is 20.2 Å². The maximum absolute atomic E-state index is 12.8. The second-order valence-corrected chi connectivity index (χ2v) is 6.96. The van der Waals surface area contributed by atoms with Gasteiger partial charge in [-0.2, -0.15) is 5.10 Å². The molecule has 0 atom stereocenters. The van der Waals surface area contributed by atoms with Crippen molar-refractivity contribution in [3.05, 3.63) is 81.6 Å². The molecule has 0 fully saturated rings. The van der Waals surface area contributed by atoms with E-state index in [2.05, 4.69) is 5.10 Å². The number of aromatic nitrogens is 2. The third kappa shape index (κ3) is 4.62. The van der Waals surface area contributed by atoms with Crippen LogP contribution < -0.4 is 4.74 Å². The van der Waals surface area contributed by atoms with Crippen molar-refractivity contribution in [2.45, 2.75) is 13.2 Å². The van der Waals surface area contributed by atoms with Crippen LogP contribution >= 0.6 is 23.2 Å². The summed E-state index contributed by atoms with van der Waals surface area (Å²) in [5, 5.41) is 5.19. The molecule has 3 aromatic rings. The largest absolute Gasteiger partial charge is 0.487 e. The average Bonchev–Trinajstić information content (AvgIpc) is 2.99. The van der Waals surface area contributed by atoms with E-state index in [1.807, 2.05) is 36.4 Å². The van der Waals surface area contributed by atoms with Crippen LogP contribution in [0.3, 0.4) is 0 Å². The van der Waals surface area contributed by atoms with Crippen molar-refractivity contribution in [1.82, 2.24) is 14.7 Å². The lowest BCUT2D eigenvalue weighted by molar-refractivity contribution is 0.0782. The summed E-state index contributed by atoms with van der Waals surface area (Å²) < 4.78 is 7.42. The first-order chi connectivity index (χ1) is 13.0. The molecule has 7 heteroatoms. The number of nitrogens with zero attached hydrogens (tertiary/aromatic N) is 3. The molecule has 1 amide bonds. The van der Waals surface area contributed by atoms with Gasteiger partial charge in [0.2, 0.25) is 0 Å². The van der Waals surface area contributed by atoms with Crippen LogP contribution in [0, 0.1) is 0 Å². The number of carbonyl (C=O) groups is 1. The summed E-state index contributed by atoms with van der Waals surface area (Å²) in [6.07, 6.45) is 1.57. The highest BCUT2D eigenvalue weighted by Crippen LogP contribution is 2.24. The highest BCUT2D eigenvalue weighted by atomic mass is 35.5. The summed E-state index contributed by atoms with van der Waals surface area (Å²) >= 11 is 12.2. The Bertz CT molecular complexity index is 936. The van der Waals surface area contributed by atoms with Crippen LogP contribution in [0.5, 0.6) is 5.75 Å². The Hall–Kier alpha value is -2.50. The molecule has 0 radical (unpaired) electrons. The summed E-state index contributed by atoms with van der Waals surface area (Å²) in [4.78, 5) is 14.4. The fourth-order valence-electron chi connectivity index (χ4n) is 2.65. The van der Waals surface area contributed by atoms with Gasteiger partial charge in [0.25, 0.3) is 5.91 Å². The van der Waals surface area contributed by atoms with Crippen LogP contribution in [-0.4, -0.2) is 27.6 Å². The molecule has 0 bridgehead atoms. The van der Waals surface area contributed by atoms with Crippen molar-refractivity contribution >= 4 is 29.1 Å². The van der Waals surface area contributed by atoms with E-state index >= 15 is 0 Å². The average molecular weight is 404 g/mol. The smallest absolute Gasteiger partial charge is 0.253 e.